The molecule has 3 N–H and O–H groups in total. The van der Waals surface area contributed by atoms with E-state index in [-0.39, 0.29) is 25.7 Å². The molecule has 0 rings (SSSR count). The summed E-state index contributed by atoms with van der Waals surface area (Å²) in [4.78, 5) is 73.0. The molecule has 0 spiro atoms. The maximum absolute atomic E-state index is 13.1. The maximum Gasteiger partial charge on any atom is 0.472 e. The Morgan fingerprint density at radius 2 is 0.475 bits per heavy atom. The van der Waals surface area contributed by atoms with E-state index in [0.29, 0.717) is 25.7 Å². The maximum atomic E-state index is 13.1. The minimum atomic E-state index is -4.96. The van der Waals surface area contributed by atoms with Crippen LogP contribution in [0, 0.1) is 5.92 Å². The average molecular weight is 1480 g/mol. The van der Waals surface area contributed by atoms with Gasteiger partial charge in [0.2, 0.25) is 0 Å². The molecule has 17 nitrogen and oxygen atoms in total. The van der Waals surface area contributed by atoms with Crippen molar-refractivity contribution in [2.24, 2.45) is 5.92 Å². The van der Waals surface area contributed by atoms with Gasteiger partial charge in [-0.1, -0.05) is 388 Å². The van der Waals surface area contributed by atoms with E-state index in [0.717, 1.165) is 95.8 Å². The van der Waals surface area contributed by atoms with E-state index < -0.39 is 97.5 Å². The summed E-state index contributed by atoms with van der Waals surface area (Å²) in [5, 5.41) is 10.6. The van der Waals surface area contributed by atoms with Gasteiger partial charge >= 0.3 is 39.5 Å². The Morgan fingerprint density at radius 1 is 0.277 bits per heavy atom. The fourth-order valence-corrected chi connectivity index (χ4v) is 14.3. The normalized spacial score (nSPS) is 14.1. The molecule has 0 aromatic rings. The number of phosphoric acid groups is 2. The summed E-state index contributed by atoms with van der Waals surface area (Å²) in [5.41, 5.74) is 0. The van der Waals surface area contributed by atoms with Crippen molar-refractivity contribution in [1.82, 2.24) is 0 Å². The van der Waals surface area contributed by atoms with Gasteiger partial charge < -0.3 is 33.8 Å². The molecule has 0 aromatic carbocycles. The van der Waals surface area contributed by atoms with Gasteiger partial charge in [-0.2, -0.15) is 0 Å². The molecule has 0 fully saturated rings. The van der Waals surface area contributed by atoms with Crippen LogP contribution in [0.5, 0.6) is 0 Å². The van der Waals surface area contributed by atoms with Crippen molar-refractivity contribution in [3.8, 4) is 0 Å². The summed E-state index contributed by atoms with van der Waals surface area (Å²) >= 11 is 0. The van der Waals surface area contributed by atoms with Gasteiger partial charge in [-0.15, -0.1) is 0 Å². The highest BCUT2D eigenvalue weighted by molar-refractivity contribution is 7.47. The van der Waals surface area contributed by atoms with Gasteiger partial charge in [-0.3, -0.25) is 37.3 Å². The van der Waals surface area contributed by atoms with Crippen LogP contribution in [0.4, 0.5) is 0 Å². The molecular weight excluding hydrogens is 1320 g/mol. The fourth-order valence-electron chi connectivity index (χ4n) is 12.7. The number of carbonyl (C=O) groups is 4. The summed E-state index contributed by atoms with van der Waals surface area (Å²) < 4.78 is 68.7. The third-order valence-corrected chi connectivity index (χ3v) is 21.5. The first-order valence-electron chi connectivity index (χ1n) is 42.7. The first-order valence-corrected chi connectivity index (χ1v) is 45.7. The van der Waals surface area contributed by atoms with Crippen LogP contribution in [0.25, 0.3) is 0 Å². The molecule has 19 heteroatoms. The van der Waals surface area contributed by atoms with Crippen molar-refractivity contribution in [3.63, 3.8) is 0 Å². The lowest BCUT2D eigenvalue weighted by Crippen LogP contribution is -2.30. The van der Waals surface area contributed by atoms with Crippen molar-refractivity contribution >= 4 is 39.5 Å². The van der Waals surface area contributed by atoms with Crippen molar-refractivity contribution in [1.29, 1.82) is 0 Å². The third kappa shape index (κ3) is 74.7. The lowest BCUT2D eigenvalue weighted by Gasteiger charge is -2.21. The standard InChI is InChI=1S/C82H160O17P2/c1-6-10-13-16-19-22-25-26-27-30-34-37-42-46-51-56-61-66-80(85)93-72-78(99-82(87)68-63-58-53-48-43-38-35-32-29-28-31-33-36-41-44-49-54-59-64-75(5)9-4)74-97-101(90,91)95-70-76(83)69-94-100(88,89)96-73-77(98-81(86)67-62-57-52-47-40-24-21-18-15-12-8-3)71-92-79(84)65-60-55-50-45-39-23-20-17-14-11-7-2/h75-78,83H,6-74H2,1-5H3,(H,88,89)(H,90,91)/t75?,76-,77+,78+/m0/s1. The largest absolute Gasteiger partial charge is 0.472 e. The zero-order chi connectivity index (χ0) is 74.1. The minimum absolute atomic E-state index is 0.108. The zero-order valence-electron chi connectivity index (χ0n) is 66.1. The Balaban J connectivity index is 5.20. The van der Waals surface area contributed by atoms with Crippen LogP contribution >= 0.6 is 15.6 Å². The second-order valence-electron chi connectivity index (χ2n) is 29.8. The van der Waals surface area contributed by atoms with Gasteiger partial charge in [-0.05, 0) is 31.6 Å². The number of aliphatic hydroxyl groups is 1. The molecule has 0 bridgehead atoms. The molecule has 0 aliphatic heterocycles. The number of rotatable bonds is 82. The second-order valence-corrected chi connectivity index (χ2v) is 32.7. The monoisotopic (exact) mass is 1480 g/mol. The van der Waals surface area contributed by atoms with Gasteiger partial charge in [-0.25, -0.2) is 9.13 Å². The predicted octanol–water partition coefficient (Wildman–Crippen LogP) is 24.8. The number of ether oxygens (including phenoxy) is 4. The molecule has 101 heavy (non-hydrogen) atoms. The summed E-state index contributed by atoms with van der Waals surface area (Å²) in [5.74, 6) is -1.23. The van der Waals surface area contributed by atoms with Gasteiger partial charge in [0.15, 0.2) is 12.2 Å². The molecule has 0 radical (unpaired) electrons. The van der Waals surface area contributed by atoms with Crippen molar-refractivity contribution in [2.75, 3.05) is 39.6 Å². The minimum Gasteiger partial charge on any atom is -0.462 e. The van der Waals surface area contributed by atoms with Gasteiger partial charge in [0.25, 0.3) is 0 Å². The van der Waals surface area contributed by atoms with Crippen LogP contribution in [0.3, 0.4) is 0 Å². The molecule has 0 saturated heterocycles. The van der Waals surface area contributed by atoms with Crippen molar-refractivity contribution < 1.29 is 80.2 Å². The smallest absolute Gasteiger partial charge is 0.462 e. The molecule has 0 aromatic heterocycles. The highest BCUT2D eigenvalue weighted by atomic mass is 31.2. The molecule has 600 valence electrons. The molecule has 0 amide bonds. The molecule has 0 heterocycles. The highest BCUT2D eigenvalue weighted by Gasteiger charge is 2.30. The summed E-state index contributed by atoms with van der Waals surface area (Å²) in [6.45, 7) is 7.40. The van der Waals surface area contributed by atoms with Crippen LogP contribution in [0.2, 0.25) is 0 Å². The Labute approximate surface area is 619 Å². The topological polar surface area (TPSA) is 237 Å². The Morgan fingerprint density at radius 3 is 0.703 bits per heavy atom. The van der Waals surface area contributed by atoms with Crippen LogP contribution in [0.1, 0.15) is 439 Å². The zero-order valence-corrected chi connectivity index (χ0v) is 67.8. The SMILES string of the molecule is CCCCCCCCCCCCCCCCCCCC(=O)OC[C@H](COP(=O)(O)OC[C@@H](O)COP(=O)(O)OC[C@@H](COC(=O)CCCCCCCCCCCCC)OC(=O)CCCCCCCCCCCCC)OC(=O)CCCCCCCCCCCCCCCCCCCCC(C)CC. The molecule has 0 saturated carbocycles. The van der Waals surface area contributed by atoms with E-state index in [1.165, 1.54) is 263 Å². The first kappa shape index (κ1) is 99.1. The van der Waals surface area contributed by atoms with E-state index >= 15 is 0 Å². The number of aliphatic hydroxyl groups excluding tert-OH is 1. The van der Waals surface area contributed by atoms with Crippen molar-refractivity contribution in [2.45, 2.75) is 457 Å². The van der Waals surface area contributed by atoms with Crippen LogP contribution in [-0.4, -0.2) is 96.7 Å². The van der Waals surface area contributed by atoms with E-state index in [9.17, 15) is 43.2 Å². The van der Waals surface area contributed by atoms with Crippen LogP contribution in [0.15, 0.2) is 0 Å². The van der Waals surface area contributed by atoms with Gasteiger partial charge in [0.05, 0.1) is 26.4 Å². The number of phosphoric ester groups is 2. The van der Waals surface area contributed by atoms with E-state index in [1.54, 1.807) is 0 Å². The Hall–Kier alpha value is -1.94. The molecular formula is C82H160O17P2. The van der Waals surface area contributed by atoms with Crippen LogP contribution in [-0.2, 0) is 65.4 Å². The quantitative estimate of drug-likeness (QED) is 0.0222. The molecule has 0 aliphatic carbocycles. The first-order chi connectivity index (χ1) is 49.1. The molecule has 6 atom stereocenters. The number of hydrogen-bond donors (Lipinski definition) is 3. The number of unbranched alkanes of at least 4 members (excludes halogenated alkanes) is 53. The summed E-state index contributed by atoms with van der Waals surface area (Å²) in [6, 6.07) is 0. The summed E-state index contributed by atoms with van der Waals surface area (Å²) in [7, 11) is -9.92. The Kier molecular flexibility index (Phi) is 73.5. The van der Waals surface area contributed by atoms with E-state index in [2.05, 4.69) is 34.6 Å². The van der Waals surface area contributed by atoms with Crippen molar-refractivity contribution in [3.05, 3.63) is 0 Å². The van der Waals surface area contributed by atoms with Gasteiger partial charge in [0, 0.05) is 25.7 Å². The lowest BCUT2D eigenvalue weighted by molar-refractivity contribution is -0.161. The van der Waals surface area contributed by atoms with Crippen LogP contribution < -0.4 is 0 Å². The molecule has 3 unspecified atom stereocenters. The highest BCUT2D eigenvalue weighted by Crippen LogP contribution is 2.45. The Bertz CT molecular complexity index is 1930. The average Bonchev–Trinajstić information content (AvgIpc) is 0.933. The summed E-state index contributed by atoms with van der Waals surface area (Å²) in [6.07, 6.45) is 66.5. The lowest BCUT2D eigenvalue weighted by atomic mass is 9.99. The fraction of sp³-hybridized carbons (Fsp3) is 0.951. The molecule has 0 aliphatic rings. The third-order valence-electron chi connectivity index (χ3n) is 19.6. The predicted molar refractivity (Wildman–Crippen MR) is 414 cm³/mol. The second kappa shape index (κ2) is 74.9. The van der Waals surface area contributed by atoms with E-state index in [4.69, 9.17) is 37.0 Å². The number of hydrogen-bond acceptors (Lipinski definition) is 15. The number of esters is 4. The van der Waals surface area contributed by atoms with Gasteiger partial charge in [0.1, 0.15) is 19.3 Å². The number of carbonyl (C=O) groups excluding carboxylic acids is 4. The van der Waals surface area contributed by atoms with E-state index in [1.807, 2.05) is 0 Å².